The Balaban J connectivity index is 1.81. The Kier molecular flexibility index (Phi) is 8.24. The number of esters is 1. The largest absolute Gasteiger partial charge is 0.466 e. The van der Waals surface area contributed by atoms with Crippen LogP contribution in [0.25, 0.3) is 0 Å². The molecule has 3 rings (SSSR count). The second-order valence-corrected chi connectivity index (χ2v) is 9.98. The van der Waals surface area contributed by atoms with Gasteiger partial charge in [-0.15, -0.1) is 0 Å². The molecule has 0 aliphatic heterocycles. The van der Waals surface area contributed by atoms with Crippen molar-refractivity contribution in [1.82, 2.24) is 10.8 Å². The van der Waals surface area contributed by atoms with Gasteiger partial charge >= 0.3 is 5.97 Å². The van der Waals surface area contributed by atoms with E-state index in [1.807, 2.05) is 0 Å². The third kappa shape index (κ3) is 5.54. The molecule has 0 aromatic heterocycles. The summed E-state index contributed by atoms with van der Waals surface area (Å²) < 4.78 is 50.5. The van der Waals surface area contributed by atoms with E-state index in [4.69, 9.17) is 9.47 Å². The average molecular weight is 495 g/mol. The number of carbonyl (C=O) groups is 2. The number of ether oxygens (including phenoxy) is 2. The Morgan fingerprint density at radius 1 is 1.12 bits per heavy atom. The lowest BCUT2D eigenvalue weighted by Crippen LogP contribution is -2.63. The molecular weight excluding hydrogens is 467 g/mol. The predicted octanol–water partition coefficient (Wildman–Crippen LogP) is 2.73. The van der Waals surface area contributed by atoms with Crippen molar-refractivity contribution in [2.24, 2.45) is 0 Å². The van der Waals surface area contributed by atoms with Gasteiger partial charge in [0.05, 0.1) is 23.2 Å². The SMILES string of the molecule is CCOC(=O)CCNC1(C(=O)NO)CCCC1S(=O)(=O)c1ccc(Oc2ccc(F)cc2)cc1. The topological polar surface area (TPSA) is 131 Å². The molecule has 3 N–H and O–H groups in total. The van der Waals surface area contributed by atoms with Gasteiger partial charge in [0.1, 0.15) is 22.9 Å². The summed E-state index contributed by atoms with van der Waals surface area (Å²) in [5, 5.41) is 11.1. The van der Waals surface area contributed by atoms with Gasteiger partial charge < -0.3 is 14.8 Å². The first-order valence-electron chi connectivity index (χ1n) is 10.9. The van der Waals surface area contributed by atoms with E-state index in [-0.39, 0.29) is 37.3 Å². The smallest absolute Gasteiger partial charge is 0.307 e. The Hall–Kier alpha value is -3.02. The van der Waals surface area contributed by atoms with Crippen LogP contribution in [0, 0.1) is 5.82 Å². The molecule has 0 radical (unpaired) electrons. The van der Waals surface area contributed by atoms with Crippen molar-refractivity contribution in [3.63, 3.8) is 0 Å². The Morgan fingerprint density at radius 3 is 2.32 bits per heavy atom. The first-order valence-corrected chi connectivity index (χ1v) is 12.4. The molecule has 1 amide bonds. The van der Waals surface area contributed by atoms with E-state index in [1.165, 1.54) is 48.5 Å². The van der Waals surface area contributed by atoms with Gasteiger partial charge in [-0.2, -0.15) is 0 Å². The van der Waals surface area contributed by atoms with E-state index in [0.717, 1.165) is 0 Å². The fourth-order valence-corrected chi connectivity index (χ4v) is 6.32. The highest BCUT2D eigenvalue weighted by atomic mass is 32.2. The fourth-order valence-electron chi connectivity index (χ4n) is 4.16. The number of benzene rings is 2. The van der Waals surface area contributed by atoms with Gasteiger partial charge in [-0.1, -0.05) is 0 Å². The molecule has 1 saturated carbocycles. The highest BCUT2D eigenvalue weighted by Crippen LogP contribution is 2.39. The summed E-state index contributed by atoms with van der Waals surface area (Å²) in [4.78, 5) is 24.3. The van der Waals surface area contributed by atoms with Crippen molar-refractivity contribution < 1.29 is 37.1 Å². The summed E-state index contributed by atoms with van der Waals surface area (Å²) in [6.07, 6.45) is 0.722. The first-order chi connectivity index (χ1) is 16.2. The standard InChI is InChI=1S/C23H27FN2O7S/c1-2-32-21(27)13-15-25-23(22(28)26-29)14-3-4-20(23)34(30,31)19-11-9-18(10-12-19)33-17-7-5-16(24)6-8-17/h5-12,20,25,29H,2-4,13-15H2,1H3,(H,26,28). The summed E-state index contributed by atoms with van der Waals surface area (Å²) in [7, 11) is -4.01. The molecule has 0 saturated heterocycles. The van der Waals surface area contributed by atoms with Crippen molar-refractivity contribution in [3.8, 4) is 11.5 Å². The van der Waals surface area contributed by atoms with Crippen LogP contribution < -0.4 is 15.5 Å². The molecule has 11 heteroatoms. The molecule has 34 heavy (non-hydrogen) atoms. The molecule has 9 nitrogen and oxygen atoms in total. The Bertz CT molecular complexity index is 1110. The summed E-state index contributed by atoms with van der Waals surface area (Å²) in [5.41, 5.74) is -0.0316. The van der Waals surface area contributed by atoms with Crippen molar-refractivity contribution >= 4 is 21.7 Å². The van der Waals surface area contributed by atoms with Crippen LogP contribution in [0.1, 0.15) is 32.6 Å². The lowest BCUT2D eigenvalue weighted by atomic mass is 9.96. The third-order valence-corrected chi connectivity index (χ3v) is 8.06. The minimum Gasteiger partial charge on any atom is -0.466 e. The van der Waals surface area contributed by atoms with Crippen LogP contribution in [-0.4, -0.2) is 49.4 Å². The zero-order chi connectivity index (χ0) is 24.8. The molecule has 0 heterocycles. The van der Waals surface area contributed by atoms with Crippen molar-refractivity contribution in [1.29, 1.82) is 0 Å². The van der Waals surface area contributed by atoms with Gasteiger partial charge in [-0.3, -0.25) is 14.8 Å². The molecule has 1 aliphatic carbocycles. The van der Waals surface area contributed by atoms with Crippen LogP contribution in [0.15, 0.2) is 53.4 Å². The molecule has 0 spiro atoms. The lowest BCUT2D eigenvalue weighted by Gasteiger charge is -2.34. The number of nitrogens with one attached hydrogen (secondary N) is 2. The van der Waals surface area contributed by atoms with Gasteiger partial charge in [0.2, 0.25) is 0 Å². The van der Waals surface area contributed by atoms with E-state index in [2.05, 4.69) is 5.32 Å². The van der Waals surface area contributed by atoms with E-state index in [9.17, 15) is 27.6 Å². The number of amides is 1. The van der Waals surface area contributed by atoms with Crippen molar-refractivity contribution in [2.75, 3.05) is 13.2 Å². The van der Waals surface area contributed by atoms with Gasteiger partial charge in [0, 0.05) is 6.54 Å². The number of hydrogen-bond donors (Lipinski definition) is 3. The predicted molar refractivity (Wildman–Crippen MR) is 120 cm³/mol. The minimum absolute atomic E-state index is 0.00270. The zero-order valence-electron chi connectivity index (χ0n) is 18.6. The van der Waals surface area contributed by atoms with E-state index in [1.54, 1.807) is 12.4 Å². The number of sulfone groups is 1. The zero-order valence-corrected chi connectivity index (χ0v) is 19.4. The molecule has 2 unspecified atom stereocenters. The van der Waals surface area contributed by atoms with Gasteiger partial charge in [-0.25, -0.2) is 18.3 Å². The molecule has 1 fully saturated rings. The molecule has 184 valence electrons. The van der Waals surface area contributed by atoms with Crippen LogP contribution >= 0.6 is 0 Å². The van der Waals surface area contributed by atoms with Crippen LogP contribution in [0.2, 0.25) is 0 Å². The first kappa shape index (κ1) is 25.6. The van der Waals surface area contributed by atoms with Crippen LogP contribution in [-0.2, 0) is 24.2 Å². The molecule has 1 aliphatic rings. The van der Waals surface area contributed by atoms with Crippen molar-refractivity contribution in [2.45, 2.75) is 48.3 Å². The maximum atomic E-state index is 13.5. The number of halogens is 1. The van der Waals surface area contributed by atoms with Gasteiger partial charge in [-0.05, 0) is 74.7 Å². The monoisotopic (exact) mass is 494 g/mol. The Morgan fingerprint density at radius 2 is 1.74 bits per heavy atom. The highest BCUT2D eigenvalue weighted by Gasteiger charge is 2.54. The third-order valence-electron chi connectivity index (χ3n) is 5.74. The van der Waals surface area contributed by atoms with E-state index >= 15 is 0 Å². The molecule has 0 bridgehead atoms. The highest BCUT2D eigenvalue weighted by molar-refractivity contribution is 7.92. The maximum Gasteiger partial charge on any atom is 0.307 e. The number of carbonyl (C=O) groups excluding carboxylic acids is 2. The van der Waals surface area contributed by atoms with Crippen LogP contribution in [0.3, 0.4) is 0 Å². The average Bonchev–Trinajstić information content (AvgIpc) is 3.26. The second-order valence-electron chi connectivity index (χ2n) is 7.85. The van der Waals surface area contributed by atoms with Gasteiger partial charge in [0.25, 0.3) is 5.91 Å². The maximum absolute atomic E-state index is 13.5. The molecule has 2 aromatic carbocycles. The molecular formula is C23H27FN2O7S. The van der Waals surface area contributed by atoms with Crippen LogP contribution in [0.4, 0.5) is 4.39 Å². The quantitative estimate of drug-likeness (QED) is 0.261. The number of hydrogen-bond acceptors (Lipinski definition) is 8. The van der Waals surface area contributed by atoms with E-state index in [0.29, 0.717) is 17.9 Å². The molecule has 2 atom stereocenters. The summed E-state index contributed by atoms with van der Waals surface area (Å²) in [6, 6.07) is 11.1. The summed E-state index contributed by atoms with van der Waals surface area (Å²) in [6.45, 7) is 1.88. The summed E-state index contributed by atoms with van der Waals surface area (Å²) >= 11 is 0. The number of rotatable bonds is 10. The second kappa shape index (κ2) is 10.9. The van der Waals surface area contributed by atoms with Gasteiger partial charge in [0.15, 0.2) is 9.84 Å². The molecule has 2 aromatic rings. The van der Waals surface area contributed by atoms with E-state index < -0.39 is 38.3 Å². The van der Waals surface area contributed by atoms with Crippen molar-refractivity contribution in [3.05, 3.63) is 54.3 Å². The minimum atomic E-state index is -4.01. The normalized spacial score (nSPS) is 20.0. The fraction of sp³-hybridized carbons (Fsp3) is 0.391. The van der Waals surface area contributed by atoms with Crippen LogP contribution in [0.5, 0.6) is 11.5 Å². The Labute approximate surface area is 197 Å². The number of hydroxylamine groups is 1. The summed E-state index contributed by atoms with van der Waals surface area (Å²) in [5.74, 6) is -1.03. The lowest BCUT2D eigenvalue weighted by molar-refractivity contribution is -0.143.